The monoisotopic (exact) mass is 514 g/mol. The molecular weight excluding hydrogens is 488 g/mol. The average molecular weight is 515 g/mol. The van der Waals surface area contributed by atoms with Crippen LogP contribution in [0.15, 0.2) is 64.0 Å². The lowest BCUT2D eigenvalue weighted by molar-refractivity contribution is -0.120. The summed E-state index contributed by atoms with van der Waals surface area (Å²) in [4.78, 5) is 13.3. The summed E-state index contributed by atoms with van der Waals surface area (Å²) in [6.45, 7) is 4.73. The van der Waals surface area contributed by atoms with Gasteiger partial charge in [0.1, 0.15) is 0 Å². The Morgan fingerprint density at radius 2 is 1.75 bits per heavy atom. The van der Waals surface area contributed by atoms with E-state index in [4.69, 9.17) is 0 Å². The third kappa shape index (κ3) is 4.60. The zero-order valence-corrected chi connectivity index (χ0v) is 20.7. The molecule has 0 aromatic heterocycles. The number of fused-ring (bicyclic) bond motifs is 1. The lowest BCUT2D eigenvalue weighted by Gasteiger charge is -2.31. The summed E-state index contributed by atoms with van der Waals surface area (Å²) in [7, 11) is -3.59. The van der Waals surface area contributed by atoms with Gasteiger partial charge in [-0.15, -0.1) is 0 Å². The summed E-state index contributed by atoms with van der Waals surface area (Å²) < 4.78 is 28.9. The molecule has 0 atom stereocenters. The predicted molar refractivity (Wildman–Crippen MR) is 132 cm³/mol. The summed E-state index contributed by atoms with van der Waals surface area (Å²) in [6.07, 6.45) is 1.84. The van der Waals surface area contributed by atoms with Gasteiger partial charge in [-0.2, -0.15) is 4.31 Å². The van der Waals surface area contributed by atoms with Gasteiger partial charge in [-0.3, -0.25) is 4.79 Å². The summed E-state index contributed by atoms with van der Waals surface area (Å²) in [5, 5.41) is 5.02. The van der Waals surface area contributed by atoms with Crippen molar-refractivity contribution in [3.63, 3.8) is 0 Å². The number of aryl methyl sites for hydroxylation is 2. The number of nitrogens with zero attached hydrogens (tertiary/aromatic N) is 1. The van der Waals surface area contributed by atoms with E-state index in [0.717, 1.165) is 38.5 Å². The van der Waals surface area contributed by atoms with Crippen LogP contribution in [0.25, 0.3) is 10.8 Å². The van der Waals surface area contributed by atoms with Crippen molar-refractivity contribution in [2.75, 3.05) is 18.4 Å². The van der Waals surface area contributed by atoms with Crippen LogP contribution in [-0.4, -0.2) is 31.7 Å². The molecule has 0 spiro atoms. The van der Waals surface area contributed by atoms with Gasteiger partial charge < -0.3 is 5.32 Å². The Morgan fingerprint density at radius 3 is 2.44 bits per heavy atom. The molecule has 0 radical (unpaired) electrons. The molecule has 3 aromatic carbocycles. The van der Waals surface area contributed by atoms with Crippen LogP contribution in [0.3, 0.4) is 0 Å². The van der Waals surface area contributed by atoms with Gasteiger partial charge in [0.05, 0.1) is 4.90 Å². The minimum atomic E-state index is -3.59. The van der Waals surface area contributed by atoms with E-state index in [1.165, 1.54) is 4.31 Å². The summed E-state index contributed by atoms with van der Waals surface area (Å²) in [5.41, 5.74) is 2.97. The quantitative estimate of drug-likeness (QED) is 0.487. The van der Waals surface area contributed by atoms with E-state index in [-0.39, 0.29) is 11.8 Å². The second-order valence-electron chi connectivity index (χ2n) is 8.29. The molecule has 32 heavy (non-hydrogen) atoms. The molecule has 1 aliphatic heterocycles. The van der Waals surface area contributed by atoms with E-state index in [1.54, 1.807) is 12.1 Å². The topological polar surface area (TPSA) is 66.5 Å². The number of halogens is 1. The first kappa shape index (κ1) is 23.0. The molecule has 1 aliphatic rings. The number of hydrogen-bond acceptors (Lipinski definition) is 3. The largest absolute Gasteiger partial charge is 0.325 e. The lowest BCUT2D eigenvalue weighted by Crippen LogP contribution is -2.41. The molecule has 5 nitrogen and oxygen atoms in total. The van der Waals surface area contributed by atoms with Crippen molar-refractivity contribution < 1.29 is 13.2 Å². The minimum Gasteiger partial charge on any atom is -0.325 e. The fraction of sp³-hybridized carbons (Fsp3) is 0.320. The normalized spacial score (nSPS) is 15.7. The minimum absolute atomic E-state index is 0.0344. The zero-order chi connectivity index (χ0) is 22.9. The molecule has 1 heterocycles. The van der Waals surface area contributed by atoms with E-state index in [2.05, 4.69) is 28.2 Å². The van der Waals surface area contributed by atoms with Crippen LogP contribution in [0.4, 0.5) is 5.69 Å². The van der Waals surface area contributed by atoms with Gasteiger partial charge >= 0.3 is 0 Å². The first-order valence-electron chi connectivity index (χ1n) is 10.9. The Labute approximate surface area is 198 Å². The van der Waals surface area contributed by atoms with Crippen molar-refractivity contribution >= 4 is 48.3 Å². The van der Waals surface area contributed by atoms with Gasteiger partial charge in [0.25, 0.3) is 0 Å². The van der Waals surface area contributed by atoms with Gasteiger partial charge in [0.15, 0.2) is 0 Å². The Morgan fingerprint density at radius 1 is 1.06 bits per heavy atom. The van der Waals surface area contributed by atoms with Crippen molar-refractivity contribution in [3.05, 3.63) is 70.2 Å². The lowest BCUT2D eigenvalue weighted by atomic mass is 9.96. The summed E-state index contributed by atoms with van der Waals surface area (Å²) >= 11 is 3.51. The molecule has 4 rings (SSSR count). The molecule has 0 aliphatic carbocycles. The maximum atomic E-state index is 13.2. The van der Waals surface area contributed by atoms with Crippen LogP contribution in [0.1, 0.15) is 30.9 Å². The van der Waals surface area contributed by atoms with Crippen molar-refractivity contribution in [3.8, 4) is 0 Å². The average Bonchev–Trinajstić information content (AvgIpc) is 2.80. The maximum absolute atomic E-state index is 13.2. The highest BCUT2D eigenvalue weighted by Crippen LogP contribution is 2.30. The molecule has 7 heteroatoms. The summed E-state index contributed by atoms with van der Waals surface area (Å²) in [6, 6.07) is 17.0. The van der Waals surface area contributed by atoms with Crippen LogP contribution < -0.4 is 5.32 Å². The Hall–Kier alpha value is -2.22. The first-order valence-corrected chi connectivity index (χ1v) is 13.1. The first-order chi connectivity index (χ1) is 15.3. The molecule has 1 N–H and O–H groups in total. The zero-order valence-electron chi connectivity index (χ0n) is 18.3. The molecule has 1 saturated heterocycles. The van der Waals surface area contributed by atoms with Crippen LogP contribution in [0.2, 0.25) is 0 Å². The number of carbonyl (C=O) groups excluding carboxylic acids is 1. The Balaban J connectivity index is 1.45. The van der Waals surface area contributed by atoms with Gasteiger partial charge in [-0.05, 0) is 72.4 Å². The van der Waals surface area contributed by atoms with Gasteiger partial charge in [-0.1, -0.05) is 53.2 Å². The van der Waals surface area contributed by atoms with Crippen LogP contribution in [0.5, 0.6) is 0 Å². The third-order valence-electron chi connectivity index (χ3n) is 6.19. The van der Waals surface area contributed by atoms with E-state index in [9.17, 15) is 13.2 Å². The number of benzene rings is 3. The summed E-state index contributed by atoms with van der Waals surface area (Å²) in [5.74, 6) is -0.237. The number of amides is 1. The second-order valence-corrected chi connectivity index (χ2v) is 11.1. The van der Waals surface area contributed by atoms with Crippen molar-refractivity contribution in [2.24, 2.45) is 5.92 Å². The number of rotatable bonds is 5. The SMILES string of the molecule is CCc1cc(Br)cc(C)c1NC(=O)C1CCN(S(=O)(=O)c2ccc3ccccc3c2)CC1. The molecule has 0 unspecified atom stereocenters. The fourth-order valence-electron chi connectivity index (χ4n) is 4.33. The van der Waals surface area contributed by atoms with Crippen molar-refractivity contribution in [2.45, 2.75) is 38.0 Å². The standard InChI is InChI=1S/C25H27BrN2O3S/c1-3-18-15-22(26)14-17(2)24(18)27-25(29)20-10-12-28(13-11-20)32(30,31)23-9-8-19-6-4-5-7-21(19)16-23/h4-9,14-16,20H,3,10-13H2,1-2H3,(H,27,29). The second kappa shape index (κ2) is 9.33. The van der Waals surface area contributed by atoms with Gasteiger partial charge in [0.2, 0.25) is 15.9 Å². The Bertz CT molecular complexity index is 1270. The molecule has 0 saturated carbocycles. The van der Waals surface area contributed by atoms with Crippen molar-refractivity contribution in [1.29, 1.82) is 0 Å². The predicted octanol–water partition coefficient (Wildman–Crippen LogP) is 5.51. The number of sulfonamides is 1. The van der Waals surface area contributed by atoms with Crippen LogP contribution in [0, 0.1) is 12.8 Å². The highest BCUT2D eigenvalue weighted by molar-refractivity contribution is 9.10. The molecule has 3 aromatic rings. The molecule has 0 bridgehead atoms. The van der Waals surface area contributed by atoms with E-state index < -0.39 is 10.0 Å². The number of carbonyl (C=O) groups is 1. The van der Waals surface area contributed by atoms with Crippen LogP contribution in [-0.2, 0) is 21.2 Å². The van der Waals surface area contributed by atoms with Crippen molar-refractivity contribution in [1.82, 2.24) is 4.31 Å². The fourth-order valence-corrected chi connectivity index (χ4v) is 6.46. The smallest absolute Gasteiger partial charge is 0.243 e. The van der Waals surface area contributed by atoms with Crippen LogP contribution >= 0.6 is 15.9 Å². The molecule has 1 fully saturated rings. The van der Waals surface area contributed by atoms with Gasteiger partial charge in [-0.25, -0.2) is 8.42 Å². The van der Waals surface area contributed by atoms with E-state index in [1.807, 2.05) is 49.4 Å². The van der Waals surface area contributed by atoms with E-state index >= 15 is 0 Å². The maximum Gasteiger partial charge on any atom is 0.243 e. The number of anilines is 1. The number of piperidine rings is 1. The Kier molecular flexibility index (Phi) is 6.70. The molecule has 168 valence electrons. The molecule has 1 amide bonds. The third-order valence-corrected chi connectivity index (χ3v) is 8.55. The number of nitrogens with one attached hydrogen (secondary N) is 1. The highest BCUT2D eigenvalue weighted by Gasteiger charge is 2.32. The highest BCUT2D eigenvalue weighted by atomic mass is 79.9. The van der Waals surface area contributed by atoms with Gasteiger partial charge in [0, 0.05) is 29.2 Å². The number of hydrogen-bond donors (Lipinski definition) is 1. The van der Waals surface area contributed by atoms with E-state index in [0.29, 0.717) is 30.8 Å². The molecular formula is C25H27BrN2O3S.